The van der Waals surface area contributed by atoms with E-state index in [4.69, 9.17) is 0 Å². The first kappa shape index (κ1) is 13.6. The van der Waals surface area contributed by atoms with Gasteiger partial charge in [-0.1, -0.05) is 55.8 Å². The minimum atomic E-state index is 0.642. The van der Waals surface area contributed by atoms with E-state index in [-0.39, 0.29) is 0 Å². The van der Waals surface area contributed by atoms with Gasteiger partial charge in [-0.2, -0.15) is 0 Å². The molecule has 3 rings (SSSR count). The van der Waals surface area contributed by atoms with Crippen LogP contribution in [0.4, 0.5) is 0 Å². The number of nitrogens with zero attached hydrogens (tertiary/aromatic N) is 1. The van der Waals surface area contributed by atoms with Crippen LogP contribution >= 0.6 is 0 Å². The van der Waals surface area contributed by atoms with Crippen molar-refractivity contribution < 1.29 is 0 Å². The fraction of sp³-hybridized carbons (Fsp3) is 0.474. The lowest BCUT2D eigenvalue weighted by Crippen LogP contribution is -2.31. The Bertz CT molecular complexity index is 549. The second-order valence-corrected chi connectivity index (χ2v) is 6.16. The smallest absolute Gasteiger partial charge is 0.00130 e. The van der Waals surface area contributed by atoms with Gasteiger partial charge in [-0.05, 0) is 61.2 Å². The molecule has 0 aliphatic carbocycles. The first-order valence-corrected chi connectivity index (χ1v) is 8.04. The summed E-state index contributed by atoms with van der Waals surface area (Å²) in [5.41, 5.74) is 1.51. The van der Waals surface area contributed by atoms with Crippen LogP contribution in [0, 0.1) is 0 Å². The lowest BCUT2D eigenvalue weighted by molar-refractivity contribution is 0.222. The number of hydrogen-bond donors (Lipinski definition) is 0. The number of benzene rings is 2. The van der Waals surface area contributed by atoms with Gasteiger partial charge in [0.25, 0.3) is 0 Å². The average Bonchev–Trinajstić information content (AvgIpc) is 2.53. The van der Waals surface area contributed by atoms with E-state index in [1.165, 1.54) is 61.7 Å². The molecule has 106 valence electrons. The summed E-state index contributed by atoms with van der Waals surface area (Å²) < 4.78 is 0. The van der Waals surface area contributed by atoms with Crippen LogP contribution in [0.1, 0.15) is 44.1 Å². The van der Waals surface area contributed by atoms with Crippen molar-refractivity contribution in [3.8, 4) is 0 Å². The molecule has 1 heterocycles. The molecule has 0 saturated carbocycles. The third-order valence-electron chi connectivity index (χ3n) is 4.68. The Labute approximate surface area is 122 Å². The first-order chi connectivity index (χ1) is 9.84. The first-order valence-electron chi connectivity index (χ1n) is 8.04. The summed E-state index contributed by atoms with van der Waals surface area (Å²) in [6.45, 7) is 6.25. The minimum Gasteiger partial charge on any atom is -0.303 e. The number of fused-ring (bicyclic) bond motifs is 1. The van der Waals surface area contributed by atoms with Crippen molar-refractivity contribution in [1.82, 2.24) is 4.90 Å². The van der Waals surface area contributed by atoms with Gasteiger partial charge in [0.05, 0.1) is 0 Å². The normalized spacial score (nSPS) is 18.2. The van der Waals surface area contributed by atoms with E-state index in [0.717, 1.165) is 0 Å². The fourth-order valence-electron chi connectivity index (χ4n) is 3.39. The van der Waals surface area contributed by atoms with E-state index in [2.05, 4.69) is 54.3 Å². The molecule has 0 aromatic heterocycles. The predicted octanol–water partition coefficient (Wildman–Crippen LogP) is 4.82. The van der Waals surface area contributed by atoms with Gasteiger partial charge in [-0.25, -0.2) is 0 Å². The van der Waals surface area contributed by atoms with E-state index in [9.17, 15) is 0 Å². The van der Waals surface area contributed by atoms with Crippen LogP contribution in [0.3, 0.4) is 0 Å². The summed E-state index contributed by atoms with van der Waals surface area (Å²) in [5, 5.41) is 2.80. The Morgan fingerprint density at radius 3 is 2.55 bits per heavy atom. The number of piperidine rings is 1. The third kappa shape index (κ3) is 3.04. The highest BCUT2D eigenvalue weighted by Gasteiger charge is 2.13. The zero-order chi connectivity index (χ0) is 13.8. The van der Waals surface area contributed by atoms with Crippen molar-refractivity contribution in [2.24, 2.45) is 0 Å². The van der Waals surface area contributed by atoms with Gasteiger partial charge in [0.2, 0.25) is 0 Å². The zero-order valence-corrected chi connectivity index (χ0v) is 12.5. The maximum absolute atomic E-state index is 2.64. The molecule has 0 unspecified atom stereocenters. The Morgan fingerprint density at radius 2 is 1.70 bits per heavy atom. The number of rotatable bonds is 4. The summed E-state index contributed by atoms with van der Waals surface area (Å²) in [6, 6.07) is 15.5. The monoisotopic (exact) mass is 267 g/mol. The van der Waals surface area contributed by atoms with E-state index < -0.39 is 0 Å². The number of hydrogen-bond acceptors (Lipinski definition) is 1. The van der Waals surface area contributed by atoms with Gasteiger partial charge in [0.15, 0.2) is 0 Å². The van der Waals surface area contributed by atoms with Crippen LogP contribution in [0.25, 0.3) is 10.8 Å². The molecule has 1 saturated heterocycles. The van der Waals surface area contributed by atoms with Crippen molar-refractivity contribution in [2.45, 2.75) is 38.5 Å². The third-order valence-corrected chi connectivity index (χ3v) is 4.68. The zero-order valence-electron chi connectivity index (χ0n) is 12.5. The Hall–Kier alpha value is -1.34. The number of likely N-dealkylation sites (tertiary alicyclic amines) is 1. The molecular weight excluding hydrogens is 242 g/mol. The molecule has 20 heavy (non-hydrogen) atoms. The molecular formula is C19H25N. The summed E-state index contributed by atoms with van der Waals surface area (Å²) in [5.74, 6) is 0.642. The summed E-state index contributed by atoms with van der Waals surface area (Å²) in [6.07, 6.45) is 5.48. The summed E-state index contributed by atoms with van der Waals surface area (Å²) in [7, 11) is 0. The van der Waals surface area contributed by atoms with E-state index in [0.29, 0.717) is 5.92 Å². The average molecular weight is 267 g/mol. The highest BCUT2D eigenvalue weighted by atomic mass is 15.1. The molecule has 1 aliphatic heterocycles. The molecule has 0 N–H and O–H groups in total. The van der Waals surface area contributed by atoms with Crippen molar-refractivity contribution in [3.63, 3.8) is 0 Å². The van der Waals surface area contributed by atoms with Crippen LogP contribution in [0.2, 0.25) is 0 Å². The van der Waals surface area contributed by atoms with Crippen LogP contribution < -0.4 is 0 Å². The maximum Gasteiger partial charge on any atom is -0.00130 e. The molecule has 1 heteroatoms. The Kier molecular flexibility index (Phi) is 4.37. The highest BCUT2D eigenvalue weighted by molar-refractivity contribution is 5.86. The predicted molar refractivity (Wildman–Crippen MR) is 87.3 cm³/mol. The second-order valence-electron chi connectivity index (χ2n) is 6.16. The molecule has 2 aromatic rings. The van der Waals surface area contributed by atoms with Crippen LogP contribution in [0.5, 0.6) is 0 Å². The van der Waals surface area contributed by atoms with Gasteiger partial charge in [0, 0.05) is 0 Å². The lowest BCUT2D eigenvalue weighted by atomic mass is 9.92. The Morgan fingerprint density at radius 1 is 0.950 bits per heavy atom. The molecule has 1 fully saturated rings. The SMILES string of the molecule is C[C@H](CCN1CCCCC1)c1cccc2ccccc12. The standard InChI is InChI=1S/C19H25N/c1-16(12-15-20-13-5-2-6-14-20)18-11-7-9-17-8-3-4-10-19(17)18/h3-4,7-11,16H,2,5-6,12-15H2,1H3/t16-/m1/s1. The maximum atomic E-state index is 2.64. The molecule has 0 radical (unpaired) electrons. The van der Waals surface area contributed by atoms with Gasteiger partial charge >= 0.3 is 0 Å². The fourth-order valence-corrected chi connectivity index (χ4v) is 3.39. The van der Waals surface area contributed by atoms with Crippen molar-refractivity contribution >= 4 is 10.8 Å². The molecule has 0 bridgehead atoms. The van der Waals surface area contributed by atoms with Crippen LogP contribution in [-0.4, -0.2) is 24.5 Å². The molecule has 1 atom stereocenters. The van der Waals surface area contributed by atoms with Gasteiger partial charge in [-0.3, -0.25) is 0 Å². The minimum absolute atomic E-state index is 0.642. The van der Waals surface area contributed by atoms with Crippen LogP contribution in [-0.2, 0) is 0 Å². The largest absolute Gasteiger partial charge is 0.303 e. The lowest BCUT2D eigenvalue weighted by Gasteiger charge is -2.27. The molecule has 1 aliphatic rings. The molecule has 0 amide bonds. The van der Waals surface area contributed by atoms with Crippen LogP contribution in [0.15, 0.2) is 42.5 Å². The van der Waals surface area contributed by atoms with Gasteiger partial charge in [-0.15, -0.1) is 0 Å². The van der Waals surface area contributed by atoms with Crippen molar-refractivity contribution in [3.05, 3.63) is 48.0 Å². The van der Waals surface area contributed by atoms with E-state index in [1.54, 1.807) is 0 Å². The second kappa shape index (κ2) is 6.41. The van der Waals surface area contributed by atoms with Gasteiger partial charge in [0.1, 0.15) is 0 Å². The molecule has 2 aromatic carbocycles. The van der Waals surface area contributed by atoms with E-state index >= 15 is 0 Å². The molecule has 1 nitrogen and oxygen atoms in total. The molecule has 0 spiro atoms. The Balaban J connectivity index is 1.70. The quantitative estimate of drug-likeness (QED) is 0.767. The highest BCUT2D eigenvalue weighted by Crippen LogP contribution is 2.28. The summed E-state index contributed by atoms with van der Waals surface area (Å²) >= 11 is 0. The topological polar surface area (TPSA) is 3.24 Å². The van der Waals surface area contributed by atoms with Crippen molar-refractivity contribution in [2.75, 3.05) is 19.6 Å². The van der Waals surface area contributed by atoms with Crippen molar-refractivity contribution in [1.29, 1.82) is 0 Å². The van der Waals surface area contributed by atoms with E-state index in [1.807, 2.05) is 0 Å². The summed E-state index contributed by atoms with van der Waals surface area (Å²) in [4.78, 5) is 2.64. The van der Waals surface area contributed by atoms with Gasteiger partial charge < -0.3 is 4.90 Å².